The Morgan fingerprint density at radius 1 is 1.38 bits per heavy atom. The lowest BCUT2D eigenvalue weighted by Crippen LogP contribution is -2.12. The van der Waals surface area contributed by atoms with E-state index in [1.807, 2.05) is 0 Å². The van der Waals surface area contributed by atoms with Crippen molar-refractivity contribution < 1.29 is 22.8 Å². The highest BCUT2D eigenvalue weighted by molar-refractivity contribution is 14.1. The highest BCUT2D eigenvalue weighted by atomic mass is 127. The van der Waals surface area contributed by atoms with E-state index in [4.69, 9.17) is 11.6 Å². The number of benzene rings is 1. The minimum Gasteiger partial charge on any atom is -0.298 e. The van der Waals surface area contributed by atoms with Crippen molar-refractivity contribution in [3.05, 3.63) is 32.4 Å². The Morgan fingerprint density at radius 2 is 1.94 bits per heavy atom. The summed E-state index contributed by atoms with van der Waals surface area (Å²) in [6, 6.07) is 1.56. The Labute approximate surface area is 107 Å². The Hall–Kier alpha value is -0.630. The molecule has 0 radical (unpaired) electrons. The summed E-state index contributed by atoms with van der Waals surface area (Å²) in [6.07, 6.45) is -4.31. The van der Waals surface area contributed by atoms with Crippen molar-refractivity contribution in [1.29, 1.82) is 0 Å². The number of alkyl halides is 3. The fourth-order valence-corrected chi connectivity index (χ4v) is 1.83. The van der Waals surface area contributed by atoms with Crippen LogP contribution in [0.25, 0.3) is 0 Å². The molecule has 2 nitrogen and oxygen atoms in total. The third-order valence-corrected chi connectivity index (χ3v) is 2.92. The van der Waals surface area contributed by atoms with Crippen LogP contribution in [-0.4, -0.2) is 11.5 Å². The fraction of sp³-hybridized carbons (Fsp3) is 0.111. The summed E-state index contributed by atoms with van der Waals surface area (Å²) in [7, 11) is 0. The molecule has 0 bridgehead atoms. The first-order chi connectivity index (χ1) is 7.27. The van der Waals surface area contributed by atoms with Crippen molar-refractivity contribution in [3.8, 4) is 0 Å². The summed E-state index contributed by atoms with van der Waals surface area (Å²) >= 11 is 6.62. The second kappa shape index (κ2) is 4.70. The van der Waals surface area contributed by atoms with Crippen molar-refractivity contribution >= 4 is 45.7 Å². The molecular formula is C9H3ClF3IO2. The van der Waals surface area contributed by atoms with Crippen LogP contribution in [0.3, 0.4) is 0 Å². The minimum absolute atomic E-state index is 0.00222. The minimum atomic E-state index is -4.68. The predicted octanol–water partition coefficient (Wildman–Crippen LogP) is 3.50. The zero-order valence-corrected chi connectivity index (χ0v) is 10.4. The van der Waals surface area contributed by atoms with Gasteiger partial charge < -0.3 is 0 Å². The molecule has 16 heavy (non-hydrogen) atoms. The van der Waals surface area contributed by atoms with Gasteiger partial charge >= 0.3 is 6.18 Å². The van der Waals surface area contributed by atoms with Gasteiger partial charge in [0.25, 0.3) is 5.24 Å². The van der Waals surface area contributed by atoms with E-state index in [0.717, 1.165) is 12.1 Å². The number of rotatable bonds is 2. The van der Waals surface area contributed by atoms with Gasteiger partial charge in [-0.2, -0.15) is 13.2 Å². The molecule has 0 aliphatic carbocycles. The van der Waals surface area contributed by atoms with Crippen molar-refractivity contribution in [2.45, 2.75) is 6.18 Å². The van der Waals surface area contributed by atoms with Gasteiger partial charge in [-0.25, -0.2) is 0 Å². The quantitative estimate of drug-likeness (QED) is 0.458. The highest BCUT2D eigenvalue weighted by Crippen LogP contribution is 2.34. The zero-order chi connectivity index (χ0) is 12.5. The van der Waals surface area contributed by atoms with Crippen molar-refractivity contribution in [1.82, 2.24) is 0 Å². The van der Waals surface area contributed by atoms with Gasteiger partial charge in [-0.05, 0) is 46.3 Å². The normalized spacial score (nSPS) is 11.3. The van der Waals surface area contributed by atoms with E-state index < -0.39 is 22.5 Å². The molecule has 0 heterocycles. The number of aldehydes is 1. The van der Waals surface area contributed by atoms with Crippen LogP contribution in [0.4, 0.5) is 13.2 Å². The number of halogens is 5. The monoisotopic (exact) mass is 362 g/mol. The van der Waals surface area contributed by atoms with E-state index in [1.54, 1.807) is 22.6 Å². The van der Waals surface area contributed by atoms with Gasteiger partial charge in [-0.3, -0.25) is 9.59 Å². The molecule has 0 spiro atoms. The van der Waals surface area contributed by atoms with E-state index in [9.17, 15) is 22.8 Å². The molecule has 0 aliphatic rings. The SMILES string of the molecule is O=Cc1cc(C(=O)Cl)c(C(F)(F)F)cc1I. The van der Waals surface area contributed by atoms with Crippen LogP contribution < -0.4 is 0 Å². The van der Waals surface area contributed by atoms with Crippen molar-refractivity contribution in [2.75, 3.05) is 0 Å². The molecule has 86 valence electrons. The summed E-state index contributed by atoms with van der Waals surface area (Å²) in [5.41, 5.74) is -1.85. The van der Waals surface area contributed by atoms with E-state index in [0.29, 0.717) is 6.29 Å². The van der Waals surface area contributed by atoms with Crippen LogP contribution in [-0.2, 0) is 6.18 Å². The molecule has 0 aliphatic heterocycles. The number of carbonyl (C=O) groups excluding carboxylic acids is 2. The average molecular weight is 362 g/mol. The maximum absolute atomic E-state index is 12.5. The summed E-state index contributed by atoms with van der Waals surface area (Å²) in [6.45, 7) is 0. The summed E-state index contributed by atoms with van der Waals surface area (Å²) in [5.74, 6) is 0. The van der Waals surface area contributed by atoms with Gasteiger partial charge in [-0.15, -0.1) is 0 Å². The van der Waals surface area contributed by atoms with Gasteiger partial charge in [-0.1, -0.05) is 0 Å². The highest BCUT2D eigenvalue weighted by Gasteiger charge is 2.35. The van der Waals surface area contributed by atoms with Crippen LogP contribution in [0.2, 0.25) is 0 Å². The van der Waals surface area contributed by atoms with E-state index in [1.165, 1.54) is 0 Å². The third kappa shape index (κ3) is 2.73. The topological polar surface area (TPSA) is 34.1 Å². The molecule has 0 unspecified atom stereocenters. The average Bonchev–Trinajstić information content (AvgIpc) is 2.15. The predicted molar refractivity (Wildman–Crippen MR) is 59.7 cm³/mol. The lowest BCUT2D eigenvalue weighted by molar-refractivity contribution is -0.137. The smallest absolute Gasteiger partial charge is 0.298 e. The molecule has 0 amide bonds. The van der Waals surface area contributed by atoms with Crippen LogP contribution >= 0.6 is 34.2 Å². The molecule has 0 saturated carbocycles. The largest absolute Gasteiger partial charge is 0.417 e. The van der Waals surface area contributed by atoms with Crippen LogP contribution in [0.5, 0.6) is 0 Å². The Balaban J connectivity index is 3.55. The molecule has 0 fully saturated rings. The van der Waals surface area contributed by atoms with E-state index in [2.05, 4.69) is 0 Å². The van der Waals surface area contributed by atoms with E-state index in [-0.39, 0.29) is 9.13 Å². The van der Waals surface area contributed by atoms with Crippen LogP contribution in [0.1, 0.15) is 26.3 Å². The van der Waals surface area contributed by atoms with Crippen LogP contribution in [0.15, 0.2) is 12.1 Å². The fourth-order valence-electron chi connectivity index (χ4n) is 1.08. The molecule has 0 aromatic heterocycles. The molecule has 7 heteroatoms. The van der Waals surface area contributed by atoms with Gasteiger partial charge in [0.15, 0.2) is 6.29 Å². The van der Waals surface area contributed by atoms with Gasteiger partial charge in [0.2, 0.25) is 0 Å². The van der Waals surface area contributed by atoms with Crippen molar-refractivity contribution in [2.24, 2.45) is 0 Å². The first-order valence-electron chi connectivity index (χ1n) is 3.83. The van der Waals surface area contributed by atoms with Crippen molar-refractivity contribution in [3.63, 3.8) is 0 Å². The van der Waals surface area contributed by atoms with Crippen LogP contribution in [0, 0.1) is 3.57 Å². The summed E-state index contributed by atoms with van der Waals surface area (Å²) in [4.78, 5) is 21.4. The molecule has 1 aromatic rings. The lowest BCUT2D eigenvalue weighted by atomic mass is 10.0. The first-order valence-corrected chi connectivity index (χ1v) is 5.28. The Morgan fingerprint density at radius 3 is 2.31 bits per heavy atom. The maximum atomic E-state index is 12.5. The van der Waals surface area contributed by atoms with E-state index >= 15 is 0 Å². The number of hydrogen-bond acceptors (Lipinski definition) is 2. The van der Waals surface area contributed by atoms with Gasteiger partial charge in [0.1, 0.15) is 0 Å². The zero-order valence-electron chi connectivity index (χ0n) is 7.44. The second-order valence-electron chi connectivity index (χ2n) is 2.81. The number of hydrogen-bond donors (Lipinski definition) is 0. The molecular weight excluding hydrogens is 359 g/mol. The molecule has 0 saturated heterocycles. The summed E-state index contributed by atoms with van der Waals surface area (Å²) in [5, 5.41) is -1.24. The molecule has 0 N–H and O–H groups in total. The standard InChI is InChI=1S/C9H3ClF3IO2/c10-8(16)5-1-4(3-15)7(14)2-6(5)9(11,12)13/h1-3H. The summed E-state index contributed by atoms with van der Waals surface area (Å²) < 4.78 is 37.7. The lowest BCUT2D eigenvalue weighted by Gasteiger charge is -2.11. The number of carbonyl (C=O) groups is 2. The molecule has 1 aromatic carbocycles. The Kier molecular flexibility index (Phi) is 3.95. The third-order valence-electron chi connectivity index (χ3n) is 1.78. The second-order valence-corrected chi connectivity index (χ2v) is 4.31. The van der Waals surface area contributed by atoms with Gasteiger partial charge in [0.05, 0.1) is 5.56 Å². The van der Waals surface area contributed by atoms with Gasteiger partial charge in [0, 0.05) is 14.7 Å². The molecule has 1 rings (SSSR count). The molecule has 0 atom stereocenters. The maximum Gasteiger partial charge on any atom is 0.417 e. The Bertz CT molecular complexity index is 457. The first kappa shape index (κ1) is 13.4.